The molecule has 96 valence electrons. The van der Waals surface area contributed by atoms with Crippen molar-refractivity contribution in [2.75, 3.05) is 6.54 Å². The zero-order chi connectivity index (χ0) is 12.7. The molecule has 0 aliphatic carbocycles. The fourth-order valence-electron chi connectivity index (χ4n) is 3.09. The molecule has 17 heavy (non-hydrogen) atoms. The highest BCUT2D eigenvalue weighted by Crippen LogP contribution is 2.51. The largest absolute Gasteiger partial charge is 0.367 e. The molecule has 1 aromatic rings. The van der Waals surface area contributed by atoms with Crippen molar-refractivity contribution in [3.05, 3.63) is 16.6 Å². The maximum Gasteiger partial charge on any atom is 0.116 e. The highest BCUT2D eigenvalue weighted by atomic mass is 32.1. The second kappa shape index (κ2) is 4.04. The van der Waals surface area contributed by atoms with Gasteiger partial charge in [0.05, 0.1) is 11.2 Å². The SMILES string of the molecule is CCNC1(c2nccs2)CC(C)(C)OC1(C)C. The van der Waals surface area contributed by atoms with Crippen molar-refractivity contribution in [3.63, 3.8) is 0 Å². The van der Waals surface area contributed by atoms with Crippen molar-refractivity contribution in [3.8, 4) is 0 Å². The van der Waals surface area contributed by atoms with Crippen LogP contribution in [0.1, 0.15) is 46.0 Å². The minimum atomic E-state index is -0.246. The van der Waals surface area contributed by atoms with E-state index in [1.54, 1.807) is 11.3 Å². The van der Waals surface area contributed by atoms with Crippen LogP contribution in [0.2, 0.25) is 0 Å². The van der Waals surface area contributed by atoms with Crippen LogP contribution in [0.4, 0.5) is 0 Å². The average molecular weight is 254 g/mol. The molecule has 2 rings (SSSR count). The van der Waals surface area contributed by atoms with Gasteiger partial charge >= 0.3 is 0 Å². The molecule has 1 aliphatic rings. The van der Waals surface area contributed by atoms with E-state index in [2.05, 4.69) is 44.9 Å². The first-order valence-electron chi connectivity index (χ1n) is 6.18. The fraction of sp³-hybridized carbons (Fsp3) is 0.769. The third kappa shape index (κ3) is 2.02. The Bertz CT molecular complexity index is 386. The summed E-state index contributed by atoms with van der Waals surface area (Å²) in [5, 5.41) is 6.80. The predicted octanol–water partition coefficient (Wildman–Crippen LogP) is 2.93. The Labute approximate surface area is 108 Å². The van der Waals surface area contributed by atoms with Crippen LogP contribution in [0.15, 0.2) is 11.6 Å². The zero-order valence-electron chi connectivity index (χ0n) is 11.3. The van der Waals surface area contributed by atoms with E-state index in [-0.39, 0.29) is 16.7 Å². The second-order valence-electron chi connectivity index (χ2n) is 5.82. The molecule has 0 saturated carbocycles. The summed E-state index contributed by atoms with van der Waals surface area (Å²) in [5.74, 6) is 0. The first-order valence-corrected chi connectivity index (χ1v) is 7.06. The number of hydrogen-bond donors (Lipinski definition) is 1. The Morgan fingerprint density at radius 3 is 2.53 bits per heavy atom. The smallest absolute Gasteiger partial charge is 0.116 e. The van der Waals surface area contributed by atoms with Gasteiger partial charge in [0.15, 0.2) is 0 Å². The van der Waals surface area contributed by atoms with Gasteiger partial charge in [0, 0.05) is 18.0 Å². The van der Waals surface area contributed by atoms with E-state index in [1.165, 1.54) is 0 Å². The fourth-order valence-corrected chi connectivity index (χ4v) is 4.05. The van der Waals surface area contributed by atoms with Gasteiger partial charge in [0.25, 0.3) is 0 Å². The molecule has 4 heteroatoms. The van der Waals surface area contributed by atoms with Gasteiger partial charge in [-0.3, -0.25) is 0 Å². The molecule has 0 spiro atoms. The lowest BCUT2D eigenvalue weighted by atomic mass is 9.79. The van der Waals surface area contributed by atoms with Gasteiger partial charge in [-0.25, -0.2) is 4.98 Å². The summed E-state index contributed by atoms with van der Waals surface area (Å²) in [4.78, 5) is 4.53. The quantitative estimate of drug-likeness (QED) is 0.900. The lowest BCUT2D eigenvalue weighted by Crippen LogP contribution is -2.54. The molecule has 2 heterocycles. The monoisotopic (exact) mass is 254 g/mol. The van der Waals surface area contributed by atoms with E-state index >= 15 is 0 Å². The molecule has 1 aliphatic heterocycles. The van der Waals surface area contributed by atoms with Crippen LogP contribution in [-0.4, -0.2) is 22.7 Å². The van der Waals surface area contributed by atoms with Crippen molar-refractivity contribution >= 4 is 11.3 Å². The van der Waals surface area contributed by atoms with Gasteiger partial charge in [0.1, 0.15) is 10.5 Å². The number of nitrogens with one attached hydrogen (secondary N) is 1. The molecular formula is C13H22N2OS. The summed E-state index contributed by atoms with van der Waals surface area (Å²) in [6, 6.07) is 0. The minimum absolute atomic E-state index is 0.114. The van der Waals surface area contributed by atoms with E-state index in [1.807, 2.05) is 11.6 Å². The van der Waals surface area contributed by atoms with Crippen molar-refractivity contribution in [2.24, 2.45) is 0 Å². The van der Waals surface area contributed by atoms with Crippen molar-refractivity contribution in [2.45, 2.75) is 57.8 Å². The van der Waals surface area contributed by atoms with E-state index in [4.69, 9.17) is 4.74 Å². The molecule has 0 radical (unpaired) electrons. The number of likely N-dealkylation sites (N-methyl/N-ethyl adjacent to an activating group) is 1. The number of nitrogens with zero attached hydrogens (tertiary/aromatic N) is 1. The number of rotatable bonds is 3. The van der Waals surface area contributed by atoms with Crippen LogP contribution >= 0.6 is 11.3 Å². The standard InChI is InChI=1S/C13H22N2OS/c1-6-15-13(10-14-7-8-17-10)9-11(2,3)16-12(13,4)5/h7-8,15H,6,9H2,1-5H3. The minimum Gasteiger partial charge on any atom is -0.367 e. The summed E-state index contributed by atoms with van der Waals surface area (Å²) in [6.07, 6.45) is 2.83. The Morgan fingerprint density at radius 2 is 2.12 bits per heavy atom. The molecule has 3 nitrogen and oxygen atoms in total. The van der Waals surface area contributed by atoms with Crippen molar-refractivity contribution in [1.82, 2.24) is 10.3 Å². The van der Waals surface area contributed by atoms with Crippen LogP contribution < -0.4 is 5.32 Å². The van der Waals surface area contributed by atoms with E-state index < -0.39 is 0 Å². The molecule has 1 N–H and O–H groups in total. The Balaban J connectivity index is 2.48. The third-order valence-corrected chi connectivity index (χ3v) is 4.46. The summed E-state index contributed by atoms with van der Waals surface area (Å²) in [5.41, 5.74) is -0.527. The summed E-state index contributed by atoms with van der Waals surface area (Å²) in [7, 11) is 0. The Morgan fingerprint density at radius 1 is 1.41 bits per heavy atom. The van der Waals surface area contributed by atoms with Crippen LogP contribution in [-0.2, 0) is 10.3 Å². The molecule has 1 aromatic heterocycles. The van der Waals surface area contributed by atoms with E-state index in [0.717, 1.165) is 18.0 Å². The molecule has 1 unspecified atom stereocenters. The van der Waals surface area contributed by atoms with Gasteiger partial charge in [-0.2, -0.15) is 0 Å². The number of thiazole rings is 1. The lowest BCUT2D eigenvalue weighted by molar-refractivity contribution is -0.0842. The van der Waals surface area contributed by atoms with E-state index in [9.17, 15) is 0 Å². The van der Waals surface area contributed by atoms with Gasteiger partial charge in [0.2, 0.25) is 0 Å². The Hall–Kier alpha value is -0.450. The zero-order valence-corrected chi connectivity index (χ0v) is 12.1. The summed E-state index contributed by atoms with van der Waals surface area (Å²) < 4.78 is 6.23. The molecule has 1 atom stereocenters. The van der Waals surface area contributed by atoms with E-state index in [0.29, 0.717) is 0 Å². The Kier molecular flexibility index (Phi) is 3.09. The predicted molar refractivity (Wildman–Crippen MR) is 71.3 cm³/mol. The third-order valence-electron chi connectivity index (χ3n) is 3.53. The first-order chi connectivity index (χ1) is 7.83. The maximum absolute atomic E-state index is 6.23. The number of ether oxygens (including phenoxy) is 1. The van der Waals surface area contributed by atoms with Gasteiger partial charge in [-0.15, -0.1) is 11.3 Å². The van der Waals surface area contributed by atoms with Crippen LogP contribution in [0.25, 0.3) is 0 Å². The number of aromatic nitrogens is 1. The topological polar surface area (TPSA) is 34.2 Å². The molecule has 1 saturated heterocycles. The normalized spacial score (nSPS) is 30.6. The van der Waals surface area contributed by atoms with Crippen LogP contribution in [0.3, 0.4) is 0 Å². The molecule has 1 fully saturated rings. The second-order valence-corrected chi connectivity index (χ2v) is 6.72. The van der Waals surface area contributed by atoms with Crippen molar-refractivity contribution in [1.29, 1.82) is 0 Å². The molecule has 0 amide bonds. The van der Waals surface area contributed by atoms with Gasteiger partial charge in [-0.1, -0.05) is 6.92 Å². The van der Waals surface area contributed by atoms with Gasteiger partial charge in [-0.05, 0) is 34.2 Å². The van der Waals surface area contributed by atoms with Gasteiger partial charge < -0.3 is 10.1 Å². The highest BCUT2D eigenvalue weighted by molar-refractivity contribution is 7.09. The molecule has 0 bridgehead atoms. The first kappa shape index (κ1) is 13.0. The summed E-state index contributed by atoms with van der Waals surface area (Å²) >= 11 is 1.71. The molecule has 0 aromatic carbocycles. The van der Waals surface area contributed by atoms with Crippen LogP contribution in [0, 0.1) is 0 Å². The van der Waals surface area contributed by atoms with Crippen LogP contribution in [0.5, 0.6) is 0 Å². The summed E-state index contributed by atoms with van der Waals surface area (Å²) in [6.45, 7) is 11.7. The lowest BCUT2D eigenvalue weighted by Gasteiger charge is -2.38. The molecular weight excluding hydrogens is 232 g/mol. The maximum atomic E-state index is 6.23. The van der Waals surface area contributed by atoms with Crippen molar-refractivity contribution < 1.29 is 4.74 Å². The highest BCUT2D eigenvalue weighted by Gasteiger charge is 2.59. The average Bonchev–Trinajstić information content (AvgIpc) is 2.71. The number of hydrogen-bond acceptors (Lipinski definition) is 4.